The summed E-state index contributed by atoms with van der Waals surface area (Å²) in [4.78, 5) is 0. The van der Waals surface area contributed by atoms with Crippen molar-refractivity contribution in [1.82, 2.24) is 5.32 Å². The van der Waals surface area contributed by atoms with Crippen LogP contribution in [-0.2, 0) is 0 Å². The minimum absolute atomic E-state index is 0.348. The number of ether oxygens (including phenoxy) is 1. The van der Waals surface area contributed by atoms with E-state index in [0.717, 1.165) is 24.1 Å². The molecule has 0 radical (unpaired) electrons. The van der Waals surface area contributed by atoms with Crippen LogP contribution in [0.25, 0.3) is 10.8 Å². The lowest BCUT2D eigenvalue weighted by molar-refractivity contribution is 0.0995. The standard InChI is InChI=1S/C20H27NO2/c22-18(13-14-21-17-9-2-1-3-10-17)15-23-20-12-6-8-16-7-4-5-11-19(16)20/h4-8,11-12,17-18,21-22H,1-3,9-10,13-15H2/t18-/m1/s1. The normalized spacial score (nSPS) is 17.3. The van der Waals surface area contributed by atoms with Crippen LogP contribution < -0.4 is 10.1 Å². The van der Waals surface area contributed by atoms with Crippen molar-refractivity contribution in [3.63, 3.8) is 0 Å². The van der Waals surface area contributed by atoms with Crippen LogP contribution in [0.15, 0.2) is 42.5 Å². The number of rotatable bonds is 7. The van der Waals surface area contributed by atoms with Gasteiger partial charge < -0.3 is 15.2 Å². The minimum Gasteiger partial charge on any atom is -0.490 e. The molecule has 1 aliphatic rings. The fourth-order valence-electron chi connectivity index (χ4n) is 3.35. The lowest BCUT2D eigenvalue weighted by Gasteiger charge is -2.23. The molecule has 2 N–H and O–H groups in total. The van der Waals surface area contributed by atoms with Gasteiger partial charge in [-0.3, -0.25) is 0 Å². The van der Waals surface area contributed by atoms with E-state index in [9.17, 15) is 5.11 Å². The van der Waals surface area contributed by atoms with E-state index in [2.05, 4.69) is 23.5 Å². The van der Waals surface area contributed by atoms with Gasteiger partial charge in [-0.15, -0.1) is 0 Å². The lowest BCUT2D eigenvalue weighted by atomic mass is 9.95. The van der Waals surface area contributed by atoms with Crippen molar-refractivity contribution < 1.29 is 9.84 Å². The molecular formula is C20H27NO2. The molecule has 0 heterocycles. The molecule has 0 saturated heterocycles. The number of hydrogen-bond acceptors (Lipinski definition) is 3. The molecule has 1 atom stereocenters. The van der Waals surface area contributed by atoms with Gasteiger partial charge >= 0.3 is 0 Å². The van der Waals surface area contributed by atoms with Gasteiger partial charge in [0.2, 0.25) is 0 Å². The smallest absolute Gasteiger partial charge is 0.127 e. The van der Waals surface area contributed by atoms with Gasteiger partial charge in [-0.1, -0.05) is 55.7 Å². The Labute approximate surface area is 138 Å². The number of aliphatic hydroxyl groups is 1. The van der Waals surface area contributed by atoms with Crippen molar-refractivity contribution in [2.24, 2.45) is 0 Å². The third-order valence-corrected chi connectivity index (χ3v) is 4.70. The third kappa shape index (κ3) is 4.69. The maximum atomic E-state index is 10.1. The van der Waals surface area contributed by atoms with Gasteiger partial charge in [0.25, 0.3) is 0 Å². The lowest BCUT2D eigenvalue weighted by Crippen LogP contribution is -2.34. The second-order valence-electron chi connectivity index (χ2n) is 6.52. The van der Waals surface area contributed by atoms with Crippen LogP contribution in [0.2, 0.25) is 0 Å². The van der Waals surface area contributed by atoms with Crippen molar-refractivity contribution in [3.05, 3.63) is 42.5 Å². The first-order chi connectivity index (χ1) is 11.3. The average molecular weight is 313 g/mol. The molecule has 3 heteroatoms. The first-order valence-corrected chi connectivity index (χ1v) is 8.85. The topological polar surface area (TPSA) is 41.5 Å². The summed E-state index contributed by atoms with van der Waals surface area (Å²) in [5, 5.41) is 16.0. The van der Waals surface area contributed by atoms with Crippen molar-refractivity contribution in [2.45, 2.75) is 50.7 Å². The molecule has 0 spiro atoms. The molecular weight excluding hydrogens is 286 g/mol. The summed E-state index contributed by atoms with van der Waals surface area (Å²) in [6, 6.07) is 14.9. The summed E-state index contributed by atoms with van der Waals surface area (Å²) < 4.78 is 5.85. The van der Waals surface area contributed by atoms with Gasteiger partial charge in [0, 0.05) is 11.4 Å². The number of nitrogens with one attached hydrogen (secondary N) is 1. The van der Waals surface area contributed by atoms with E-state index in [0.29, 0.717) is 12.6 Å². The maximum absolute atomic E-state index is 10.1. The highest BCUT2D eigenvalue weighted by molar-refractivity contribution is 5.88. The monoisotopic (exact) mass is 313 g/mol. The van der Waals surface area contributed by atoms with Crippen LogP contribution >= 0.6 is 0 Å². The fourth-order valence-corrected chi connectivity index (χ4v) is 3.35. The van der Waals surface area contributed by atoms with Gasteiger partial charge in [0.15, 0.2) is 0 Å². The van der Waals surface area contributed by atoms with E-state index in [1.54, 1.807) is 0 Å². The van der Waals surface area contributed by atoms with Crippen molar-refractivity contribution >= 4 is 10.8 Å². The second kappa shape index (κ2) is 8.32. The summed E-state index contributed by atoms with van der Waals surface area (Å²) in [6.45, 7) is 1.21. The third-order valence-electron chi connectivity index (χ3n) is 4.70. The molecule has 23 heavy (non-hydrogen) atoms. The molecule has 3 rings (SSSR count). The zero-order valence-electron chi connectivity index (χ0n) is 13.7. The quantitative estimate of drug-likeness (QED) is 0.815. The Bertz CT molecular complexity index is 602. The van der Waals surface area contributed by atoms with Crippen LogP contribution in [0.4, 0.5) is 0 Å². The molecule has 2 aromatic rings. The van der Waals surface area contributed by atoms with Gasteiger partial charge in [-0.2, -0.15) is 0 Å². The van der Waals surface area contributed by atoms with Crippen molar-refractivity contribution in [1.29, 1.82) is 0 Å². The molecule has 0 amide bonds. The van der Waals surface area contributed by atoms with E-state index in [1.165, 1.54) is 37.5 Å². The highest BCUT2D eigenvalue weighted by atomic mass is 16.5. The zero-order valence-corrected chi connectivity index (χ0v) is 13.7. The molecule has 0 aromatic heterocycles. The molecule has 1 fully saturated rings. The minimum atomic E-state index is -0.426. The van der Waals surface area contributed by atoms with Crippen molar-refractivity contribution in [2.75, 3.05) is 13.2 Å². The Hall–Kier alpha value is -1.58. The van der Waals surface area contributed by atoms with Gasteiger partial charge in [-0.25, -0.2) is 0 Å². The van der Waals surface area contributed by atoms with Crippen LogP contribution in [0, 0.1) is 0 Å². The highest BCUT2D eigenvalue weighted by Gasteiger charge is 2.13. The van der Waals surface area contributed by atoms with E-state index < -0.39 is 6.10 Å². The van der Waals surface area contributed by atoms with Crippen LogP contribution in [0.3, 0.4) is 0 Å². The van der Waals surface area contributed by atoms with E-state index in [4.69, 9.17) is 4.74 Å². The first kappa shape index (κ1) is 16.3. The molecule has 1 aliphatic carbocycles. The summed E-state index contributed by atoms with van der Waals surface area (Å²) in [6.07, 6.45) is 6.92. The van der Waals surface area contributed by atoms with Gasteiger partial charge in [0.05, 0.1) is 6.10 Å². The van der Waals surface area contributed by atoms with Gasteiger partial charge in [-0.05, 0) is 37.3 Å². The predicted octanol–water partition coefficient (Wildman–Crippen LogP) is 3.89. The first-order valence-electron chi connectivity index (χ1n) is 8.85. The zero-order chi connectivity index (χ0) is 15.9. The predicted molar refractivity (Wildman–Crippen MR) is 94.9 cm³/mol. The molecule has 124 valence electrons. The number of hydrogen-bond donors (Lipinski definition) is 2. The largest absolute Gasteiger partial charge is 0.490 e. The number of fused-ring (bicyclic) bond motifs is 1. The van der Waals surface area contributed by atoms with Crippen LogP contribution in [0.1, 0.15) is 38.5 Å². The van der Waals surface area contributed by atoms with Crippen LogP contribution in [-0.4, -0.2) is 30.4 Å². The molecule has 1 saturated carbocycles. The number of aliphatic hydroxyl groups excluding tert-OH is 1. The summed E-state index contributed by atoms with van der Waals surface area (Å²) in [7, 11) is 0. The Kier molecular flexibility index (Phi) is 5.89. The molecule has 3 nitrogen and oxygen atoms in total. The average Bonchev–Trinajstić information content (AvgIpc) is 2.61. The summed E-state index contributed by atoms with van der Waals surface area (Å²) >= 11 is 0. The second-order valence-corrected chi connectivity index (χ2v) is 6.52. The molecule has 2 aromatic carbocycles. The van der Waals surface area contributed by atoms with E-state index in [1.807, 2.05) is 24.3 Å². The van der Waals surface area contributed by atoms with Crippen LogP contribution in [0.5, 0.6) is 5.75 Å². The van der Waals surface area contributed by atoms with Crippen molar-refractivity contribution in [3.8, 4) is 5.75 Å². The Morgan fingerprint density at radius 1 is 1.04 bits per heavy atom. The Morgan fingerprint density at radius 3 is 2.70 bits per heavy atom. The van der Waals surface area contributed by atoms with E-state index >= 15 is 0 Å². The van der Waals surface area contributed by atoms with Gasteiger partial charge in [0.1, 0.15) is 12.4 Å². The summed E-state index contributed by atoms with van der Waals surface area (Å²) in [5.74, 6) is 0.849. The molecule has 0 bridgehead atoms. The maximum Gasteiger partial charge on any atom is 0.127 e. The molecule has 0 unspecified atom stereocenters. The molecule has 0 aliphatic heterocycles. The Balaban J connectivity index is 1.44. The Morgan fingerprint density at radius 2 is 1.83 bits per heavy atom. The van der Waals surface area contributed by atoms with E-state index in [-0.39, 0.29) is 0 Å². The number of benzene rings is 2. The fraction of sp³-hybridized carbons (Fsp3) is 0.500. The highest BCUT2D eigenvalue weighted by Crippen LogP contribution is 2.25. The SMILES string of the molecule is O[C@H](CCNC1CCCCC1)COc1cccc2ccccc12. The summed E-state index contributed by atoms with van der Waals surface area (Å²) in [5.41, 5.74) is 0.